The van der Waals surface area contributed by atoms with E-state index in [1.807, 2.05) is 0 Å². The van der Waals surface area contributed by atoms with E-state index >= 15 is 0 Å². The Labute approximate surface area is 118 Å². The van der Waals surface area contributed by atoms with Gasteiger partial charge in [-0.05, 0) is 31.2 Å². The number of hydrogen-bond acceptors (Lipinski definition) is 4. The minimum absolute atomic E-state index is 0.123. The highest BCUT2D eigenvalue weighted by molar-refractivity contribution is 6.00. The first-order valence-corrected chi connectivity index (χ1v) is 6.56. The normalized spacial score (nSPS) is 10.6. The predicted molar refractivity (Wildman–Crippen MR) is 78.2 cm³/mol. The molecule has 1 aromatic rings. The van der Waals surface area contributed by atoms with Crippen LogP contribution in [0.25, 0.3) is 0 Å². The lowest BCUT2D eigenvalue weighted by molar-refractivity contribution is 0.0696. The molecule has 0 fully saturated rings. The van der Waals surface area contributed by atoms with Crippen LogP contribution in [-0.4, -0.2) is 36.1 Å². The maximum Gasteiger partial charge on any atom is 0.335 e. The van der Waals surface area contributed by atoms with Crippen LogP contribution < -0.4 is 16.4 Å². The second-order valence-electron chi connectivity index (χ2n) is 4.82. The van der Waals surface area contributed by atoms with Crippen LogP contribution in [0.15, 0.2) is 18.2 Å². The van der Waals surface area contributed by atoms with Gasteiger partial charge in [-0.2, -0.15) is 0 Å². The Hall–Kier alpha value is -2.08. The number of carbonyl (C=O) groups excluding carboxylic acids is 1. The third kappa shape index (κ3) is 4.89. The maximum atomic E-state index is 11.3. The fourth-order valence-electron chi connectivity index (χ4n) is 1.74. The van der Waals surface area contributed by atoms with Crippen LogP contribution in [0.1, 0.15) is 41.0 Å². The van der Waals surface area contributed by atoms with Crippen molar-refractivity contribution in [2.24, 2.45) is 5.73 Å². The van der Waals surface area contributed by atoms with E-state index in [-0.39, 0.29) is 5.56 Å². The topological polar surface area (TPSA) is 104 Å². The highest BCUT2D eigenvalue weighted by atomic mass is 16.4. The van der Waals surface area contributed by atoms with Gasteiger partial charge in [0.05, 0.1) is 11.1 Å². The molecule has 6 heteroatoms. The number of carbonyl (C=O) groups is 2. The molecular weight excluding hydrogens is 258 g/mol. The number of carboxylic acids is 1. The number of rotatable bonds is 8. The van der Waals surface area contributed by atoms with Crippen LogP contribution in [0.2, 0.25) is 0 Å². The number of primary amides is 1. The van der Waals surface area contributed by atoms with Crippen LogP contribution in [0.3, 0.4) is 0 Å². The molecule has 1 rings (SSSR count). The second-order valence-corrected chi connectivity index (χ2v) is 4.82. The van der Waals surface area contributed by atoms with Crippen molar-refractivity contribution >= 4 is 17.6 Å². The van der Waals surface area contributed by atoms with Gasteiger partial charge in [0.2, 0.25) is 0 Å². The van der Waals surface area contributed by atoms with E-state index in [1.165, 1.54) is 18.2 Å². The van der Waals surface area contributed by atoms with E-state index in [9.17, 15) is 9.59 Å². The molecule has 0 bridgehead atoms. The van der Waals surface area contributed by atoms with Crippen molar-refractivity contribution in [1.29, 1.82) is 0 Å². The van der Waals surface area contributed by atoms with Crippen LogP contribution in [0.4, 0.5) is 5.69 Å². The SMILES string of the molecule is CC(C)NCCCNc1cc(C(=O)O)ccc1C(N)=O. The van der Waals surface area contributed by atoms with Crippen molar-refractivity contribution in [3.8, 4) is 0 Å². The van der Waals surface area contributed by atoms with Crippen LogP contribution in [-0.2, 0) is 0 Å². The summed E-state index contributed by atoms with van der Waals surface area (Å²) in [5, 5.41) is 15.3. The molecule has 0 atom stereocenters. The molecule has 110 valence electrons. The van der Waals surface area contributed by atoms with Gasteiger partial charge < -0.3 is 21.5 Å². The molecule has 1 amide bonds. The monoisotopic (exact) mass is 279 g/mol. The summed E-state index contributed by atoms with van der Waals surface area (Å²) in [6.07, 6.45) is 0.855. The number of hydrogen-bond donors (Lipinski definition) is 4. The van der Waals surface area contributed by atoms with Gasteiger partial charge in [0, 0.05) is 18.3 Å². The summed E-state index contributed by atoms with van der Waals surface area (Å²) in [6.45, 7) is 5.60. The lowest BCUT2D eigenvalue weighted by atomic mass is 10.1. The predicted octanol–water partition coefficient (Wildman–Crippen LogP) is 1.28. The van der Waals surface area contributed by atoms with Gasteiger partial charge in [-0.1, -0.05) is 13.8 Å². The Morgan fingerprint density at radius 1 is 1.30 bits per heavy atom. The van der Waals surface area contributed by atoms with Crippen molar-refractivity contribution in [2.45, 2.75) is 26.3 Å². The van der Waals surface area contributed by atoms with Gasteiger partial charge >= 0.3 is 5.97 Å². The molecule has 20 heavy (non-hydrogen) atoms. The summed E-state index contributed by atoms with van der Waals surface area (Å²) in [4.78, 5) is 22.2. The molecule has 6 nitrogen and oxygen atoms in total. The molecule has 0 saturated carbocycles. The Morgan fingerprint density at radius 3 is 2.55 bits per heavy atom. The van der Waals surface area contributed by atoms with Crippen molar-refractivity contribution in [2.75, 3.05) is 18.4 Å². The molecule has 0 radical (unpaired) electrons. The zero-order valence-corrected chi connectivity index (χ0v) is 11.8. The smallest absolute Gasteiger partial charge is 0.335 e. The Balaban J connectivity index is 2.68. The summed E-state index contributed by atoms with van der Waals surface area (Å²) >= 11 is 0. The maximum absolute atomic E-state index is 11.3. The summed E-state index contributed by atoms with van der Waals surface area (Å²) in [5.74, 6) is -1.62. The first-order chi connectivity index (χ1) is 9.41. The van der Waals surface area contributed by atoms with E-state index in [0.717, 1.165) is 13.0 Å². The average molecular weight is 279 g/mol. The zero-order valence-electron chi connectivity index (χ0n) is 11.8. The fraction of sp³-hybridized carbons (Fsp3) is 0.429. The second kappa shape index (κ2) is 7.49. The first kappa shape index (κ1) is 16.0. The first-order valence-electron chi connectivity index (χ1n) is 6.56. The van der Waals surface area contributed by atoms with Crippen LogP contribution in [0.5, 0.6) is 0 Å². The summed E-state index contributed by atoms with van der Waals surface area (Å²) < 4.78 is 0. The molecule has 0 heterocycles. The number of anilines is 1. The molecule has 0 aliphatic heterocycles. The van der Waals surface area contributed by atoms with Crippen molar-refractivity contribution in [3.63, 3.8) is 0 Å². The molecule has 0 aromatic heterocycles. The molecule has 0 aliphatic carbocycles. The molecule has 0 aliphatic rings. The average Bonchev–Trinajstić information content (AvgIpc) is 2.37. The van der Waals surface area contributed by atoms with E-state index in [2.05, 4.69) is 24.5 Å². The van der Waals surface area contributed by atoms with Crippen molar-refractivity contribution in [3.05, 3.63) is 29.3 Å². The lowest BCUT2D eigenvalue weighted by Gasteiger charge is -2.12. The number of amides is 1. The lowest BCUT2D eigenvalue weighted by Crippen LogP contribution is -2.25. The molecule has 0 saturated heterocycles. The quantitative estimate of drug-likeness (QED) is 0.537. The standard InChI is InChI=1S/C14H21N3O3/c1-9(2)16-6-3-7-17-12-8-10(14(19)20)4-5-11(12)13(15)18/h4-5,8-9,16-17H,3,6-7H2,1-2H3,(H2,15,18)(H,19,20). The van der Waals surface area contributed by atoms with Gasteiger partial charge in [-0.25, -0.2) is 4.79 Å². The minimum Gasteiger partial charge on any atom is -0.478 e. The molecule has 0 unspecified atom stereocenters. The summed E-state index contributed by atoms with van der Waals surface area (Å²) in [5.41, 5.74) is 6.15. The highest BCUT2D eigenvalue weighted by Gasteiger charge is 2.11. The third-order valence-corrected chi connectivity index (χ3v) is 2.75. The molecule has 1 aromatic carbocycles. The number of aromatic carboxylic acids is 1. The van der Waals surface area contributed by atoms with Gasteiger partial charge in [-0.3, -0.25) is 4.79 Å². The number of carboxylic acid groups (broad SMARTS) is 1. The van der Waals surface area contributed by atoms with Gasteiger partial charge in [0.25, 0.3) is 5.91 Å². The number of benzene rings is 1. The largest absolute Gasteiger partial charge is 0.478 e. The van der Waals surface area contributed by atoms with Gasteiger partial charge in [-0.15, -0.1) is 0 Å². The molecule has 5 N–H and O–H groups in total. The van der Waals surface area contributed by atoms with Crippen LogP contribution in [0, 0.1) is 0 Å². The Morgan fingerprint density at radius 2 is 2.00 bits per heavy atom. The van der Waals surface area contributed by atoms with Crippen molar-refractivity contribution in [1.82, 2.24) is 5.32 Å². The zero-order chi connectivity index (χ0) is 15.1. The Bertz CT molecular complexity index is 487. The third-order valence-electron chi connectivity index (χ3n) is 2.75. The van der Waals surface area contributed by atoms with E-state index in [4.69, 9.17) is 10.8 Å². The van der Waals surface area contributed by atoms with Crippen LogP contribution >= 0.6 is 0 Å². The highest BCUT2D eigenvalue weighted by Crippen LogP contribution is 2.17. The summed E-state index contributed by atoms with van der Waals surface area (Å²) in [6, 6.07) is 4.65. The number of nitrogens with one attached hydrogen (secondary N) is 2. The van der Waals surface area contributed by atoms with E-state index in [1.54, 1.807) is 0 Å². The minimum atomic E-state index is -1.04. The molecule has 0 spiro atoms. The van der Waals surface area contributed by atoms with E-state index < -0.39 is 11.9 Å². The summed E-state index contributed by atoms with van der Waals surface area (Å²) in [7, 11) is 0. The number of nitrogens with two attached hydrogens (primary N) is 1. The Kier molecular flexibility index (Phi) is 5.99. The van der Waals surface area contributed by atoms with Gasteiger partial charge in [0.15, 0.2) is 0 Å². The fourth-order valence-corrected chi connectivity index (χ4v) is 1.74. The van der Waals surface area contributed by atoms with E-state index in [0.29, 0.717) is 23.8 Å². The van der Waals surface area contributed by atoms with Gasteiger partial charge in [0.1, 0.15) is 0 Å². The molecular formula is C14H21N3O3. The van der Waals surface area contributed by atoms with Crippen molar-refractivity contribution < 1.29 is 14.7 Å².